The van der Waals surface area contributed by atoms with Gasteiger partial charge in [-0.1, -0.05) is 41.9 Å². The van der Waals surface area contributed by atoms with Crippen LogP contribution in [0.3, 0.4) is 0 Å². The van der Waals surface area contributed by atoms with Gasteiger partial charge in [0.25, 0.3) is 5.91 Å². The predicted molar refractivity (Wildman–Crippen MR) is 81.2 cm³/mol. The van der Waals surface area contributed by atoms with Gasteiger partial charge in [0.1, 0.15) is 0 Å². The lowest BCUT2D eigenvalue weighted by molar-refractivity contribution is 0.0791. The normalized spacial score (nSPS) is 18.2. The zero-order chi connectivity index (χ0) is 13.9. The Morgan fingerprint density at radius 2 is 1.75 bits per heavy atom. The molecule has 2 aromatic rings. The highest BCUT2D eigenvalue weighted by atomic mass is 35.5. The molecule has 2 nitrogen and oxygen atoms in total. The molecule has 1 amide bonds. The van der Waals surface area contributed by atoms with Gasteiger partial charge in [-0.05, 0) is 36.2 Å². The van der Waals surface area contributed by atoms with Crippen LogP contribution in [0, 0.1) is 0 Å². The summed E-state index contributed by atoms with van der Waals surface area (Å²) in [7, 11) is 0. The van der Waals surface area contributed by atoms with Crippen LogP contribution in [0.15, 0.2) is 54.6 Å². The molecule has 0 spiro atoms. The Balaban J connectivity index is 1.71. The fourth-order valence-electron chi connectivity index (χ4n) is 2.72. The second-order valence-electron chi connectivity index (χ2n) is 5.15. The monoisotopic (exact) mass is 285 g/mol. The van der Waals surface area contributed by atoms with Crippen LogP contribution in [0.4, 0.5) is 0 Å². The molecular weight excluding hydrogens is 270 g/mol. The van der Waals surface area contributed by atoms with Crippen LogP contribution >= 0.6 is 11.6 Å². The maximum atomic E-state index is 12.4. The van der Waals surface area contributed by atoms with Gasteiger partial charge < -0.3 is 4.90 Å². The first-order valence-corrected chi connectivity index (χ1v) is 7.21. The minimum absolute atomic E-state index is 0.0973. The van der Waals surface area contributed by atoms with Gasteiger partial charge in [-0.25, -0.2) is 0 Å². The number of halogens is 1. The van der Waals surface area contributed by atoms with Crippen molar-refractivity contribution >= 4 is 17.5 Å². The number of amides is 1. The van der Waals surface area contributed by atoms with Gasteiger partial charge >= 0.3 is 0 Å². The molecule has 1 aliphatic heterocycles. The summed E-state index contributed by atoms with van der Waals surface area (Å²) in [5, 5.41) is 0.658. The van der Waals surface area contributed by atoms with Crippen molar-refractivity contribution in [1.29, 1.82) is 0 Å². The van der Waals surface area contributed by atoms with E-state index in [1.807, 2.05) is 11.0 Å². The van der Waals surface area contributed by atoms with Gasteiger partial charge in [-0.15, -0.1) is 0 Å². The molecule has 3 rings (SSSR count). The number of likely N-dealkylation sites (tertiary alicyclic amines) is 1. The summed E-state index contributed by atoms with van der Waals surface area (Å²) in [6.45, 7) is 1.62. The van der Waals surface area contributed by atoms with E-state index in [4.69, 9.17) is 11.6 Å². The lowest BCUT2D eigenvalue weighted by atomic mass is 9.99. The number of hydrogen-bond donors (Lipinski definition) is 0. The van der Waals surface area contributed by atoms with Crippen LogP contribution in [0.25, 0.3) is 0 Å². The van der Waals surface area contributed by atoms with Crippen LogP contribution in [-0.2, 0) is 0 Å². The third kappa shape index (κ3) is 2.70. The molecule has 1 unspecified atom stereocenters. The predicted octanol–water partition coefficient (Wildman–Crippen LogP) is 3.97. The van der Waals surface area contributed by atoms with E-state index in [1.54, 1.807) is 24.3 Å². The highest BCUT2D eigenvalue weighted by molar-refractivity contribution is 6.30. The topological polar surface area (TPSA) is 20.3 Å². The minimum atomic E-state index is 0.0973. The Morgan fingerprint density at radius 1 is 1.05 bits per heavy atom. The van der Waals surface area contributed by atoms with E-state index >= 15 is 0 Å². The van der Waals surface area contributed by atoms with E-state index in [1.165, 1.54) is 5.56 Å². The maximum Gasteiger partial charge on any atom is 0.253 e. The van der Waals surface area contributed by atoms with Crippen molar-refractivity contribution in [2.24, 2.45) is 0 Å². The average Bonchev–Trinajstić information content (AvgIpc) is 2.98. The van der Waals surface area contributed by atoms with E-state index in [0.29, 0.717) is 16.5 Å². The summed E-state index contributed by atoms with van der Waals surface area (Å²) < 4.78 is 0. The first kappa shape index (κ1) is 13.2. The third-order valence-corrected chi connectivity index (χ3v) is 4.09. The van der Waals surface area contributed by atoms with Crippen LogP contribution in [0.2, 0.25) is 5.02 Å². The van der Waals surface area contributed by atoms with E-state index in [0.717, 1.165) is 19.5 Å². The Kier molecular flexibility index (Phi) is 3.75. The first-order valence-electron chi connectivity index (χ1n) is 6.84. The Bertz CT molecular complexity index is 594. The molecule has 2 aromatic carbocycles. The average molecular weight is 286 g/mol. The van der Waals surface area contributed by atoms with Crippen molar-refractivity contribution in [2.75, 3.05) is 13.1 Å². The molecule has 0 saturated carbocycles. The lowest BCUT2D eigenvalue weighted by Crippen LogP contribution is -2.28. The summed E-state index contributed by atoms with van der Waals surface area (Å²) in [4.78, 5) is 14.3. The summed E-state index contributed by atoms with van der Waals surface area (Å²) in [5.74, 6) is 0.549. The summed E-state index contributed by atoms with van der Waals surface area (Å²) in [5.41, 5.74) is 2.03. The van der Waals surface area contributed by atoms with Crippen LogP contribution < -0.4 is 0 Å². The zero-order valence-corrected chi connectivity index (χ0v) is 11.9. The molecule has 1 heterocycles. The van der Waals surface area contributed by atoms with Crippen molar-refractivity contribution in [2.45, 2.75) is 12.3 Å². The van der Waals surface area contributed by atoms with Crippen molar-refractivity contribution in [3.8, 4) is 0 Å². The SMILES string of the molecule is O=C(c1ccc(Cl)cc1)N1CCC(c2ccccc2)C1. The Morgan fingerprint density at radius 3 is 2.45 bits per heavy atom. The molecule has 3 heteroatoms. The largest absolute Gasteiger partial charge is 0.338 e. The van der Waals surface area contributed by atoms with Crippen molar-refractivity contribution in [3.63, 3.8) is 0 Å². The van der Waals surface area contributed by atoms with Crippen LogP contribution in [0.5, 0.6) is 0 Å². The maximum absolute atomic E-state index is 12.4. The van der Waals surface area contributed by atoms with Gasteiger partial charge in [-0.3, -0.25) is 4.79 Å². The van der Waals surface area contributed by atoms with E-state index in [-0.39, 0.29) is 5.91 Å². The first-order chi connectivity index (χ1) is 9.74. The number of hydrogen-bond acceptors (Lipinski definition) is 1. The van der Waals surface area contributed by atoms with E-state index < -0.39 is 0 Å². The number of carbonyl (C=O) groups excluding carboxylic acids is 1. The van der Waals surface area contributed by atoms with Crippen LogP contribution in [-0.4, -0.2) is 23.9 Å². The minimum Gasteiger partial charge on any atom is -0.338 e. The van der Waals surface area contributed by atoms with E-state index in [9.17, 15) is 4.79 Å². The standard InChI is InChI=1S/C17H16ClNO/c18-16-8-6-14(7-9-16)17(20)19-11-10-15(12-19)13-4-2-1-3-5-13/h1-9,15H,10-12H2. The fourth-order valence-corrected chi connectivity index (χ4v) is 2.84. The summed E-state index contributed by atoms with van der Waals surface area (Å²) >= 11 is 5.85. The molecule has 0 bridgehead atoms. The zero-order valence-electron chi connectivity index (χ0n) is 11.1. The Hall–Kier alpha value is -1.80. The van der Waals surface area contributed by atoms with E-state index in [2.05, 4.69) is 24.3 Å². The van der Waals surface area contributed by atoms with Gasteiger partial charge in [0.05, 0.1) is 0 Å². The highest BCUT2D eigenvalue weighted by Gasteiger charge is 2.27. The third-order valence-electron chi connectivity index (χ3n) is 3.84. The molecule has 1 fully saturated rings. The molecule has 0 radical (unpaired) electrons. The van der Waals surface area contributed by atoms with Crippen molar-refractivity contribution in [3.05, 3.63) is 70.7 Å². The van der Waals surface area contributed by atoms with Gasteiger partial charge in [0, 0.05) is 29.6 Å². The Labute approximate surface area is 124 Å². The van der Waals surface area contributed by atoms with Crippen molar-refractivity contribution < 1.29 is 4.79 Å². The number of rotatable bonds is 2. The van der Waals surface area contributed by atoms with Crippen LogP contribution in [0.1, 0.15) is 28.3 Å². The summed E-state index contributed by atoms with van der Waals surface area (Å²) in [6, 6.07) is 17.5. The number of benzene rings is 2. The second kappa shape index (κ2) is 5.68. The number of carbonyl (C=O) groups is 1. The lowest BCUT2D eigenvalue weighted by Gasteiger charge is -2.17. The molecule has 0 aliphatic carbocycles. The fraction of sp³-hybridized carbons (Fsp3) is 0.235. The molecule has 20 heavy (non-hydrogen) atoms. The molecular formula is C17H16ClNO. The molecule has 0 N–H and O–H groups in total. The molecule has 102 valence electrons. The second-order valence-corrected chi connectivity index (χ2v) is 5.59. The van der Waals surface area contributed by atoms with Gasteiger partial charge in [-0.2, -0.15) is 0 Å². The summed E-state index contributed by atoms with van der Waals surface area (Å²) in [6.07, 6.45) is 1.03. The number of nitrogens with zero attached hydrogens (tertiary/aromatic N) is 1. The smallest absolute Gasteiger partial charge is 0.253 e. The molecule has 1 atom stereocenters. The quantitative estimate of drug-likeness (QED) is 0.817. The van der Waals surface area contributed by atoms with Gasteiger partial charge in [0.15, 0.2) is 0 Å². The molecule has 1 saturated heterocycles. The highest BCUT2D eigenvalue weighted by Crippen LogP contribution is 2.28. The van der Waals surface area contributed by atoms with Gasteiger partial charge in [0.2, 0.25) is 0 Å². The van der Waals surface area contributed by atoms with Crippen molar-refractivity contribution in [1.82, 2.24) is 4.90 Å². The molecule has 1 aliphatic rings. The molecule has 0 aromatic heterocycles.